The number of esters is 1. The lowest BCUT2D eigenvalue weighted by Crippen LogP contribution is -2.29. The van der Waals surface area contributed by atoms with Crippen LogP contribution in [0, 0.1) is 5.82 Å². The zero-order valence-electron chi connectivity index (χ0n) is 8.96. The first-order valence-corrected chi connectivity index (χ1v) is 4.69. The Labute approximate surface area is 96.4 Å². The van der Waals surface area contributed by atoms with Gasteiger partial charge in [0.15, 0.2) is 12.4 Å². The van der Waals surface area contributed by atoms with E-state index in [0.717, 1.165) is 19.2 Å². The minimum absolute atomic E-state index is 0.0476. The molecule has 2 N–H and O–H groups in total. The van der Waals surface area contributed by atoms with E-state index in [0.29, 0.717) is 0 Å². The summed E-state index contributed by atoms with van der Waals surface area (Å²) in [6.07, 6.45) is -3.09. The Bertz CT molecular complexity index is 432. The van der Waals surface area contributed by atoms with Crippen LogP contribution in [0.4, 0.5) is 4.39 Å². The zero-order valence-corrected chi connectivity index (χ0v) is 8.96. The lowest BCUT2D eigenvalue weighted by Gasteiger charge is -2.16. The number of aliphatic hydroxyl groups excluding tert-OH is 2. The molecule has 1 rings (SSSR count). The van der Waals surface area contributed by atoms with Gasteiger partial charge in [0, 0.05) is 0 Å². The highest BCUT2D eigenvalue weighted by molar-refractivity contribution is 5.77. The zero-order chi connectivity index (χ0) is 13.0. The fourth-order valence-corrected chi connectivity index (χ4v) is 1.27. The first kappa shape index (κ1) is 13.3. The second kappa shape index (κ2) is 5.51. The molecule has 1 aromatic carbocycles. The Kier molecular flexibility index (Phi) is 4.30. The van der Waals surface area contributed by atoms with E-state index in [9.17, 15) is 24.2 Å². The largest absolute Gasteiger partial charge is 0.467 e. The fourth-order valence-electron chi connectivity index (χ4n) is 1.27. The number of ether oxygens (including phenoxy) is 1. The maximum atomic E-state index is 13.0. The Morgan fingerprint density at radius 3 is 2.65 bits per heavy atom. The smallest absolute Gasteiger partial charge is 0.337 e. The monoisotopic (exact) mass is 242 g/mol. The normalized spacial score (nSPS) is 13.9. The molecular formula is C11H11FO5. The van der Waals surface area contributed by atoms with Crippen molar-refractivity contribution in [2.24, 2.45) is 0 Å². The topological polar surface area (TPSA) is 83.8 Å². The first-order chi connectivity index (χ1) is 8.01. The molecule has 0 heterocycles. The quantitative estimate of drug-likeness (QED) is 0.582. The van der Waals surface area contributed by atoms with E-state index in [1.807, 2.05) is 0 Å². The van der Waals surface area contributed by atoms with Crippen LogP contribution in [0.15, 0.2) is 18.2 Å². The SMILES string of the molecule is COC(=O)C(O)C(O)c1ccc(F)c(C=O)c1. The van der Waals surface area contributed by atoms with Crippen molar-refractivity contribution in [1.82, 2.24) is 0 Å². The lowest BCUT2D eigenvalue weighted by molar-refractivity contribution is -0.156. The van der Waals surface area contributed by atoms with Gasteiger partial charge in [-0.25, -0.2) is 9.18 Å². The van der Waals surface area contributed by atoms with Gasteiger partial charge in [0.2, 0.25) is 0 Å². The molecule has 0 aliphatic heterocycles. The molecule has 0 fully saturated rings. The third kappa shape index (κ3) is 2.86. The van der Waals surface area contributed by atoms with Crippen molar-refractivity contribution in [3.63, 3.8) is 0 Å². The van der Waals surface area contributed by atoms with Crippen LogP contribution in [0.25, 0.3) is 0 Å². The van der Waals surface area contributed by atoms with Crippen LogP contribution < -0.4 is 0 Å². The average molecular weight is 242 g/mol. The minimum atomic E-state index is -1.79. The van der Waals surface area contributed by atoms with E-state index in [1.54, 1.807) is 0 Å². The number of hydrogen-bond donors (Lipinski definition) is 2. The van der Waals surface area contributed by atoms with Crippen molar-refractivity contribution in [2.75, 3.05) is 7.11 Å². The summed E-state index contributed by atoms with van der Waals surface area (Å²) in [5, 5.41) is 19.0. The summed E-state index contributed by atoms with van der Waals surface area (Å²) in [5.74, 6) is -1.77. The van der Waals surface area contributed by atoms with Gasteiger partial charge >= 0.3 is 5.97 Å². The number of aldehydes is 1. The molecule has 0 radical (unpaired) electrons. The summed E-state index contributed by atoms with van der Waals surface area (Å²) >= 11 is 0. The van der Waals surface area contributed by atoms with E-state index in [2.05, 4.69) is 4.74 Å². The van der Waals surface area contributed by atoms with Gasteiger partial charge in [-0.2, -0.15) is 0 Å². The van der Waals surface area contributed by atoms with Crippen LogP contribution in [-0.2, 0) is 9.53 Å². The fraction of sp³-hybridized carbons (Fsp3) is 0.273. The van der Waals surface area contributed by atoms with Gasteiger partial charge in [0.05, 0.1) is 12.7 Å². The third-order valence-corrected chi connectivity index (χ3v) is 2.23. The molecule has 0 amide bonds. The minimum Gasteiger partial charge on any atom is -0.467 e. The van der Waals surface area contributed by atoms with E-state index in [4.69, 9.17) is 0 Å². The van der Waals surface area contributed by atoms with Crippen molar-refractivity contribution in [2.45, 2.75) is 12.2 Å². The molecule has 5 nitrogen and oxygen atoms in total. The summed E-state index contributed by atoms with van der Waals surface area (Å²) in [4.78, 5) is 21.5. The van der Waals surface area contributed by atoms with Gasteiger partial charge < -0.3 is 14.9 Å². The standard InChI is InChI=1S/C11H11FO5/c1-17-11(16)10(15)9(14)6-2-3-8(12)7(4-6)5-13/h2-5,9-10,14-15H,1H3. The predicted molar refractivity (Wildman–Crippen MR) is 54.8 cm³/mol. The molecule has 92 valence electrons. The maximum absolute atomic E-state index is 13.0. The Balaban J connectivity index is 3.00. The summed E-state index contributed by atoms with van der Waals surface area (Å²) < 4.78 is 17.2. The van der Waals surface area contributed by atoms with E-state index in [-0.39, 0.29) is 17.4 Å². The second-order valence-electron chi connectivity index (χ2n) is 3.31. The third-order valence-electron chi connectivity index (χ3n) is 2.23. The summed E-state index contributed by atoms with van der Waals surface area (Å²) in [5.41, 5.74) is -0.218. The molecule has 2 atom stereocenters. The van der Waals surface area contributed by atoms with Crippen LogP contribution in [0.1, 0.15) is 22.0 Å². The van der Waals surface area contributed by atoms with Crippen LogP contribution in [0.2, 0.25) is 0 Å². The molecule has 0 saturated carbocycles. The molecule has 0 aliphatic carbocycles. The van der Waals surface area contributed by atoms with E-state index >= 15 is 0 Å². The molecule has 6 heteroatoms. The van der Waals surface area contributed by atoms with Gasteiger partial charge in [0.1, 0.15) is 11.9 Å². The summed E-state index contributed by atoms with van der Waals surface area (Å²) in [6.45, 7) is 0. The number of hydrogen-bond acceptors (Lipinski definition) is 5. The number of rotatable bonds is 4. The molecule has 0 aliphatic rings. The molecule has 0 spiro atoms. The van der Waals surface area contributed by atoms with Crippen molar-refractivity contribution in [3.8, 4) is 0 Å². The van der Waals surface area contributed by atoms with Crippen molar-refractivity contribution < 1.29 is 28.9 Å². The van der Waals surface area contributed by atoms with Crippen LogP contribution in [0.3, 0.4) is 0 Å². The first-order valence-electron chi connectivity index (χ1n) is 4.69. The van der Waals surface area contributed by atoms with Gasteiger partial charge in [-0.1, -0.05) is 6.07 Å². The molecular weight excluding hydrogens is 231 g/mol. The summed E-state index contributed by atoms with van der Waals surface area (Å²) in [6, 6.07) is 3.19. The van der Waals surface area contributed by atoms with Crippen LogP contribution >= 0.6 is 0 Å². The van der Waals surface area contributed by atoms with E-state index in [1.165, 1.54) is 6.07 Å². The summed E-state index contributed by atoms with van der Waals surface area (Å²) in [7, 11) is 1.06. The Morgan fingerprint density at radius 2 is 2.12 bits per heavy atom. The number of aliphatic hydroxyl groups is 2. The molecule has 17 heavy (non-hydrogen) atoms. The van der Waals surface area contributed by atoms with Crippen molar-refractivity contribution >= 4 is 12.3 Å². The predicted octanol–water partition coefficient (Wildman–Crippen LogP) is 0.206. The number of carbonyl (C=O) groups is 2. The van der Waals surface area contributed by atoms with E-state index < -0.39 is 24.0 Å². The highest BCUT2D eigenvalue weighted by Crippen LogP contribution is 2.20. The number of halogens is 1. The molecule has 0 aromatic heterocycles. The highest BCUT2D eigenvalue weighted by atomic mass is 19.1. The number of benzene rings is 1. The molecule has 0 saturated heterocycles. The average Bonchev–Trinajstić information content (AvgIpc) is 2.36. The van der Waals surface area contributed by atoms with Crippen molar-refractivity contribution in [3.05, 3.63) is 35.1 Å². The highest BCUT2D eigenvalue weighted by Gasteiger charge is 2.26. The maximum Gasteiger partial charge on any atom is 0.337 e. The van der Waals surface area contributed by atoms with Gasteiger partial charge in [0.25, 0.3) is 0 Å². The lowest BCUT2D eigenvalue weighted by atomic mass is 10.0. The van der Waals surface area contributed by atoms with Crippen LogP contribution in [0.5, 0.6) is 0 Å². The second-order valence-corrected chi connectivity index (χ2v) is 3.31. The molecule has 0 bridgehead atoms. The molecule has 1 aromatic rings. The van der Waals surface area contributed by atoms with Gasteiger partial charge in [-0.15, -0.1) is 0 Å². The number of methoxy groups -OCH3 is 1. The Hall–Kier alpha value is -1.79. The van der Waals surface area contributed by atoms with Crippen LogP contribution in [-0.4, -0.2) is 35.7 Å². The van der Waals surface area contributed by atoms with Gasteiger partial charge in [-0.05, 0) is 17.7 Å². The molecule has 2 unspecified atom stereocenters. The van der Waals surface area contributed by atoms with Crippen molar-refractivity contribution in [1.29, 1.82) is 0 Å². The number of carbonyl (C=O) groups excluding carboxylic acids is 2. The Morgan fingerprint density at radius 1 is 1.47 bits per heavy atom. The van der Waals surface area contributed by atoms with Gasteiger partial charge in [-0.3, -0.25) is 4.79 Å².